The van der Waals surface area contributed by atoms with Crippen molar-refractivity contribution in [2.75, 3.05) is 13.1 Å². The Bertz CT molecular complexity index is 865. The molecule has 0 bridgehead atoms. The Morgan fingerprint density at radius 1 is 1.00 bits per heavy atom. The summed E-state index contributed by atoms with van der Waals surface area (Å²) in [6.07, 6.45) is 7.94. The molecule has 166 valence electrons. The zero-order valence-corrected chi connectivity index (χ0v) is 19.0. The Balaban J connectivity index is 1.45. The van der Waals surface area contributed by atoms with E-state index in [-0.39, 0.29) is 17.6 Å². The minimum absolute atomic E-state index is 0.0101. The van der Waals surface area contributed by atoms with Crippen molar-refractivity contribution in [2.24, 2.45) is 0 Å². The molecule has 1 saturated heterocycles. The molecule has 4 rings (SSSR count). The molecule has 0 unspecified atom stereocenters. The predicted octanol–water partition coefficient (Wildman–Crippen LogP) is 5.88. The fraction of sp³-hybridized carbons (Fsp3) is 0.519. The third-order valence-electron chi connectivity index (χ3n) is 7.11. The molecular formula is C27H36N2O2. The third-order valence-corrected chi connectivity index (χ3v) is 7.11. The Morgan fingerprint density at radius 2 is 1.68 bits per heavy atom. The summed E-state index contributed by atoms with van der Waals surface area (Å²) in [4.78, 5) is 15.6. The van der Waals surface area contributed by atoms with Crippen molar-refractivity contribution < 1.29 is 9.53 Å². The van der Waals surface area contributed by atoms with Crippen LogP contribution in [0.2, 0.25) is 0 Å². The molecule has 0 spiro atoms. The monoisotopic (exact) mass is 420 g/mol. The number of amides is 1. The first-order chi connectivity index (χ1) is 15.1. The van der Waals surface area contributed by atoms with Crippen molar-refractivity contribution in [2.45, 2.75) is 77.0 Å². The normalized spacial score (nSPS) is 20.9. The van der Waals surface area contributed by atoms with Gasteiger partial charge in [-0.1, -0.05) is 57.0 Å². The number of fused-ring (bicyclic) bond motifs is 1. The maximum absolute atomic E-state index is 13.1. The number of ether oxygens (including phenoxy) is 1. The van der Waals surface area contributed by atoms with Gasteiger partial charge >= 0.3 is 0 Å². The molecule has 1 fully saturated rings. The summed E-state index contributed by atoms with van der Waals surface area (Å²) in [5.74, 6) is 0.889. The van der Waals surface area contributed by atoms with E-state index in [9.17, 15) is 4.79 Å². The second-order valence-electron chi connectivity index (χ2n) is 9.15. The largest absolute Gasteiger partial charge is 0.487 e. The van der Waals surface area contributed by atoms with E-state index in [0.717, 1.165) is 42.7 Å². The van der Waals surface area contributed by atoms with Crippen LogP contribution in [0.4, 0.5) is 0 Å². The summed E-state index contributed by atoms with van der Waals surface area (Å²) in [6.45, 7) is 7.67. The van der Waals surface area contributed by atoms with Gasteiger partial charge in [0.25, 0.3) is 5.91 Å². The summed E-state index contributed by atoms with van der Waals surface area (Å²) < 4.78 is 6.38. The van der Waals surface area contributed by atoms with Gasteiger partial charge in [-0.3, -0.25) is 9.69 Å². The van der Waals surface area contributed by atoms with Gasteiger partial charge in [-0.25, -0.2) is 0 Å². The molecule has 1 amide bonds. The topological polar surface area (TPSA) is 41.6 Å². The van der Waals surface area contributed by atoms with Gasteiger partial charge in [0, 0.05) is 24.1 Å². The standard InChI is InChI=1S/C27H36N2O2/c1-3-27(4-2)19-24(23-11-7-8-12-25(23)31-27)28-26(30)22-15-13-21(14-16-22)20-29-17-9-5-6-10-18-29/h7-8,11-16,24H,3-6,9-10,17-20H2,1-2H3,(H,28,30)/t24-/m1/s1. The predicted molar refractivity (Wildman–Crippen MR) is 125 cm³/mol. The number of carbonyl (C=O) groups is 1. The minimum atomic E-state index is -0.219. The van der Waals surface area contributed by atoms with Gasteiger partial charge in [0.15, 0.2) is 0 Å². The van der Waals surface area contributed by atoms with Crippen LogP contribution in [0.25, 0.3) is 0 Å². The lowest BCUT2D eigenvalue weighted by Gasteiger charge is -2.41. The van der Waals surface area contributed by atoms with Crippen LogP contribution < -0.4 is 10.1 Å². The van der Waals surface area contributed by atoms with Crippen molar-refractivity contribution in [1.29, 1.82) is 0 Å². The first kappa shape index (κ1) is 21.9. The summed E-state index contributed by atoms with van der Waals surface area (Å²) in [5, 5.41) is 3.29. The van der Waals surface area contributed by atoms with Crippen molar-refractivity contribution in [3.63, 3.8) is 0 Å². The highest BCUT2D eigenvalue weighted by Gasteiger charge is 2.39. The molecule has 0 radical (unpaired) electrons. The van der Waals surface area contributed by atoms with E-state index >= 15 is 0 Å². The van der Waals surface area contributed by atoms with Crippen LogP contribution in [0.1, 0.15) is 86.3 Å². The van der Waals surface area contributed by atoms with Crippen LogP contribution in [0, 0.1) is 0 Å². The molecule has 2 aromatic rings. The second-order valence-corrected chi connectivity index (χ2v) is 9.15. The number of hydrogen-bond donors (Lipinski definition) is 1. The fourth-order valence-electron chi connectivity index (χ4n) is 4.99. The number of carbonyl (C=O) groups excluding carboxylic acids is 1. The molecule has 1 N–H and O–H groups in total. The number of hydrogen-bond acceptors (Lipinski definition) is 3. The van der Waals surface area contributed by atoms with E-state index in [1.165, 1.54) is 44.3 Å². The molecule has 1 atom stereocenters. The lowest BCUT2D eigenvalue weighted by atomic mass is 9.83. The zero-order valence-electron chi connectivity index (χ0n) is 19.0. The lowest BCUT2D eigenvalue weighted by molar-refractivity contribution is 0.0227. The van der Waals surface area contributed by atoms with E-state index in [0.29, 0.717) is 0 Å². The zero-order chi connectivity index (χ0) is 21.7. The molecule has 2 heterocycles. The highest BCUT2D eigenvalue weighted by atomic mass is 16.5. The highest BCUT2D eigenvalue weighted by molar-refractivity contribution is 5.94. The van der Waals surface area contributed by atoms with Crippen LogP contribution in [0.5, 0.6) is 5.75 Å². The van der Waals surface area contributed by atoms with Crippen LogP contribution in [-0.4, -0.2) is 29.5 Å². The Hall–Kier alpha value is -2.33. The average molecular weight is 421 g/mol. The molecule has 0 aromatic heterocycles. The van der Waals surface area contributed by atoms with Gasteiger partial charge < -0.3 is 10.1 Å². The molecule has 2 aromatic carbocycles. The van der Waals surface area contributed by atoms with E-state index < -0.39 is 0 Å². The van der Waals surface area contributed by atoms with Crippen molar-refractivity contribution in [3.05, 3.63) is 65.2 Å². The maximum Gasteiger partial charge on any atom is 0.251 e. The number of para-hydroxylation sites is 1. The fourth-order valence-corrected chi connectivity index (χ4v) is 4.99. The molecule has 2 aliphatic rings. The quantitative estimate of drug-likeness (QED) is 0.635. The number of benzene rings is 2. The third kappa shape index (κ3) is 5.12. The van der Waals surface area contributed by atoms with E-state index in [4.69, 9.17) is 4.74 Å². The number of likely N-dealkylation sites (tertiary alicyclic amines) is 1. The Morgan fingerprint density at radius 3 is 2.35 bits per heavy atom. The molecule has 31 heavy (non-hydrogen) atoms. The van der Waals surface area contributed by atoms with E-state index in [1.54, 1.807) is 0 Å². The maximum atomic E-state index is 13.1. The number of rotatable bonds is 6. The van der Waals surface area contributed by atoms with E-state index in [2.05, 4.69) is 42.3 Å². The minimum Gasteiger partial charge on any atom is -0.487 e. The molecule has 0 aliphatic carbocycles. The molecular weight excluding hydrogens is 384 g/mol. The van der Waals surface area contributed by atoms with Gasteiger partial charge in [0.2, 0.25) is 0 Å². The van der Waals surface area contributed by atoms with Gasteiger partial charge in [-0.2, -0.15) is 0 Å². The van der Waals surface area contributed by atoms with Crippen LogP contribution in [-0.2, 0) is 6.54 Å². The van der Waals surface area contributed by atoms with Gasteiger partial charge in [0.1, 0.15) is 11.4 Å². The number of nitrogens with one attached hydrogen (secondary N) is 1. The summed E-state index contributed by atoms with van der Waals surface area (Å²) in [5.41, 5.74) is 2.86. The Kier molecular flexibility index (Phi) is 6.96. The van der Waals surface area contributed by atoms with Crippen LogP contribution >= 0.6 is 0 Å². The van der Waals surface area contributed by atoms with Crippen LogP contribution in [0.3, 0.4) is 0 Å². The molecule has 2 aliphatic heterocycles. The highest BCUT2D eigenvalue weighted by Crippen LogP contribution is 2.42. The van der Waals surface area contributed by atoms with Gasteiger partial charge in [0.05, 0.1) is 6.04 Å². The number of nitrogens with zero attached hydrogens (tertiary/aromatic N) is 1. The molecule has 4 nitrogen and oxygen atoms in total. The van der Waals surface area contributed by atoms with Crippen LogP contribution in [0.15, 0.2) is 48.5 Å². The molecule has 0 saturated carbocycles. The lowest BCUT2D eigenvalue weighted by Crippen LogP contribution is -2.44. The first-order valence-electron chi connectivity index (χ1n) is 12.0. The van der Waals surface area contributed by atoms with Gasteiger partial charge in [-0.15, -0.1) is 0 Å². The van der Waals surface area contributed by atoms with Crippen molar-refractivity contribution >= 4 is 5.91 Å². The Labute approximate surface area is 187 Å². The summed E-state index contributed by atoms with van der Waals surface area (Å²) in [7, 11) is 0. The summed E-state index contributed by atoms with van der Waals surface area (Å²) in [6, 6.07) is 16.2. The van der Waals surface area contributed by atoms with Crippen molar-refractivity contribution in [3.8, 4) is 5.75 Å². The van der Waals surface area contributed by atoms with E-state index in [1.807, 2.05) is 30.3 Å². The smallest absolute Gasteiger partial charge is 0.251 e. The first-order valence-corrected chi connectivity index (χ1v) is 12.0. The van der Waals surface area contributed by atoms with Gasteiger partial charge in [-0.05, 0) is 62.5 Å². The SMILES string of the molecule is CCC1(CC)C[C@@H](NC(=O)c2ccc(CN3CCCCCC3)cc2)c2ccccc2O1. The molecule has 4 heteroatoms. The second kappa shape index (κ2) is 9.86. The average Bonchev–Trinajstić information content (AvgIpc) is 3.08. The van der Waals surface area contributed by atoms with Crippen molar-refractivity contribution in [1.82, 2.24) is 10.2 Å². The summed E-state index contributed by atoms with van der Waals surface area (Å²) >= 11 is 0.